The molecule has 21 heavy (non-hydrogen) atoms. The van der Waals surface area contributed by atoms with Gasteiger partial charge in [-0.25, -0.2) is 0 Å². The van der Waals surface area contributed by atoms with Crippen molar-refractivity contribution in [3.05, 3.63) is 29.3 Å². The molecule has 2 aliphatic heterocycles. The van der Waals surface area contributed by atoms with Crippen molar-refractivity contribution in [2.24, 2.45) is 5.92 Å². The highest BCUT2D eigenvalue weighted by Crippen LogP contribution is 2.45. The third-order valence-corrected chi connectivity index (χ3v) is 4.66. The van der Waals surface area contributed by atoms with Gasteiger partial charge in [0.1, 0.15) is 6.07 Å². The summed E-state index contributed by atoms with van der Waals surface area (Å²) >= 11 is 0. The number of unbranched alkanes of at least 4 members (excludes halogenated alkanes) is 1. The van der Waals surface area contributed by atoms with Gasteiger partial charge in [0, 0.05) is 30.7 Å². The molecule has 112 valence electrons. The maximum atomic E-state index is 9.33. The Labute approximate surface area is 125 Å². The third kappa shape index (κ3) is 2.76. The Hall–Kier alpha value is -1.57. The maximum absolute atomic E-state index is 9.33. The van der Waals surface area contributed by atoms with Gasteiger partial charge in [-0.3, -0.25) is 0 Å². The topological polar surface area (TPSA) is 65.3 Å². The van der Waals surface area contributed by atoms with Crippen LogP contribution in [0.25, 0.3) is 0 Å². The Balaban J connectivity index is 1.89. The van der Waals surface area contributed by atoms with Gasteiger partial charge in [0.05, 0.1) is 17.4 Å². The van der Waals surface area contributed by atoms with Crippen molar-refractivity contribution in [3.63, 3.8) is 0 Å². The van der Waals surface area contributed by atoms with E-state index < -0.39 is 0 Å². The van der Waals surface area contributed by atoms with Crippen LogP contribution in [0.5, 0.6) is 0 Å². The lowest BCUT2D eigenvalue weighted by Crippen LogP contribution is -2.41. The number of nitrogens with zero attached hydrogens (tertiary/aromatic N) is 1. The standard InChI is InChI=1S/C17H22N2O2/c18-11-12-5-3-6-14-16(12)19-15(8-1-2-9-20)13-7-4-10-21-17(13)14/h3,5-6,13,15,17,19-20H,1-2,4,7-10H2/t13-,15+,17-/m0/s1. The monoisotopic (exact) mass is 286 g/mol. The average molecular weight is 286 g/mol. The Morgan fingerprint density at radius 2 is 2.29 bits per heavy atom. The van der Waals surface area contributed by atoms with Crippen LogP contribution >= 0.6 is 0 Å². The fraction of sp³-hybridized carbons (Fsp3) is 0.588. The molecule has 0 saturated carbocycles. The van der Waals surface area contributed by atoms with E-state index in [0.29, 0.717) is 17.5 Å². The second-order valence-electron chi connectivity index (χ2n) is 5.95. The molecule has 0 amide bonds. The van der Waals surface area contributed by atoms with Gasteiger partial charge in [0.2, 0.25) is 0 Å². The van der Waals surface area contributed by atoms with Crippen molar-refractivity contribution in [2.75, 3.05) is 18.5 Å². The van der Waals surface area contributed by atoms with Crippen LogP contribution in [-0.2, 0) is 4.74 Å². The highest BCUT2D eigenvalue weighted by Gasteiger charge is 2.39. The summed E-state index contributed by atoms with van der Waals surface area (Å²) < 4.78 is 6.05. The summed E-state index contributed by atoms with van der Waals surface area (Å²) in [6.07, 6.45) is 5.24. The van der Waals surface area contributed by atoms with Gasteiger partial charge >= 0.3 is 0 Å². The Bertz CT molecular complexity index is 538. The smallest absolute Gasteiger partial charge is 0.101 e. The van der Waals surface area contributed by atoms with E-state index in [1.54, 1.807) is 0 Å². The Kier molecular flexibility index (Phi) is 4.42. The van der Waals surface area contributed by atoms with Crippen LogP contribution in [0.3, 0.4) is 0 Å². The lowest BCUT2D eigenvalue weighted by molar-refractivity contribution is -0.0387. The Morgan fingerprint density at radius 3 is 3.10 bits per heavy atom. The molecule has 0 spiro atoms. The number of para-hydroxylation sites is 1. The van der Waals surface area contributed by atoms with Gasteiger partial charge < -0.3 is 15.2 Å². The number of ether oxygens (including phenoxy) is 1. The van der Waals surface area contributed by atoms with Gasteiger partial charge in [0.25, 0.3) is 0 Å². The number of hydrogen-bond donors (Lipinski definition) is 2. The van der Waals surface area contributed by atoms with Gasteiger partial charge in [-0.1, -0.05) is 12.1 Å². The van der Waals surface area contributed by atoms with Crippen LogP contribution < -0.4 is 5.32 Å². The van der Waals surface area contributed by atoms with Crippen molar-refractivity contribution in [2.45, 2.75) is 44.2 Å². The minimum atomic E-state index is 0.113. The third-order valence-electron chi connectivity index (χ3n) is 4.66. The first-order valence-corrected chi connectivity index (χ1v) is 7.87. The van der Waals surface area contributed by atoms with Crippen molar-refractivity contribution < 1.29 is 9.84 Å². The molecule has 0 radical (unpaired) electrons. The number of aliphatic hydroxyl groups excluding tert-OH is 1. The molecule has 0 aromatic heterocycles. The maximum Gasteiger partial charge on any atom is 0.101 e. The summed E-state index contributed by atoms with van der Waals surface area (Å²) in [4.78, 5) is 0. The molecule has 4 heteroatoms. The minimum Gasteiger partial charge on any atom is -0.396 e. The predicted molar refractivity (Wildman–Crippen MR) is 80.9 cm³/mol. The molecule has 3 rings (SSSR count). The molecular formula is C17H22N2O2. The van der Waals surface area contributed by atoms with Gasteiger partial charge in [0.15, 0.2) is 0 Å². The normalized spacial score (nSPS) is 27.1. The van der Waals surface area contributed by atoms with Crippen LogP contribution in [0.4, 0.5) is 5.69 Å². The zero-order chi connectivity index (χ0) is 14.7. The van der Waals surface area contributed by atoms with Crippen molar-refractivity contribution in [3.8, 4) is 6.07 Å². The van der Waals surface area contributed by atoms with E-state index in [1.807, 2.05) is 12.1 Å². The molecule has 4 nitrogen and oxygen atoms in total. The van der Waals surface area contributed by atoms with E-state index >= 15 is 0 Å². The second kappa shape index (κ2) is 6.46. The number of aliphatic hydroxyl groups is 1. The first kappa shape index (κ1) is 14.4. The summed E-state index contributed by atoms with van der Waals surface area (Å²) in [6.45, 7) is 1.05. The molecule has 1 saturated heterocycles. The average Bonchev–Trinajstić information content (AvgIpc) is 2.54. The summed E-state index contributed by atoms with van der Waals surface area (Å²) in [5.74, 6) is 0.471. The largest absolute Gasteiger partial charge is 0.396 e. The fourth-order valence-corrected chi connectivity index (χ4v) is 3.65. The number of rotatable bonds is 4. The van der Waals surface area contributed by atoms with Crippen LogP contribution in [0, 0.1) is 17.2 Å². The summed E-state index contributed by atoms with van der Waals surface area (Å²) in [5.41, 5.74) is 2.79. The molecule has 0 bridgehead atoms. The van der Waals surface area contributed by atoms with Gasteiger partial charge in [-0.05, 0) is 38.2 Å². The lowest BCUT2D eigenvalue weighted by atomic mass is 9.78. The fourth-order valence-electron chi connectivity index (χ4n) is 3.65. The minimum absolute atomic E-state index is 0.113. The first-order valence-electron chi connectivity index (χ1n) is 7.87. The summed E-state index contributed by atoms with van der Waals surface area (Å²) in [5, 5.41) is 21.9. The summed E-state index contributed by atoms with van der Waals surface area (Å²) in [7, 11) is 0. The van der Waals surface area contributed by atoms with Crippen molar-refractivity contribution in [1.29, 1.82) is 5.26 Å². The van der Waals surface area contributed by atoms with Crippen LogP contribution in [0.2, 0.25) is 0 Å². The lowest BCUT2D eigenvalue weighted by Gasteiger charge is -2.43. The predicted octanol–water partition coefficient (Wildman–Crippen LogP) is 2.98. The quantitative estimate of drug-likeness (QED) is 0.835. The SMILES string of the molecule is N#Cc1cccc2c1N[C@H](CCCCO)[C@@H]1CCCO[C@H]21. The number of nitriles is 1. The number of nitrogens with one attached hydrogen (secondary N) is 1. The number of benzene rings is 1. The highest BCUT2D eigenvalue weighted by molar-refractivity contribution is 5.65. The Morgan fingerprint density at radius 1 is 1.38 bits per heavy atom. The molecule has 2 N–H and O–H groups in total. The van der Waals surface area contributed by atoms with E-state index in [1.165, 1.54) is 0 Å². The molecule has 2 aliphatic rings. The number of anilines is 1. The molecule has 1 fully saturated rings. The van der Waals surface area contributed by atoms with E-state index in [9.17, 15) is 5.26 Å². The zero-order valence-corrected chi connectivity index (χ0v) is 12.2. The van der Waals surface area contributed by atoms with Crippen LogP contribution in [0.1, 0.15) is 49.3 Å². The van der Waals surface area contributed by atoms with Gasteiger partial charge in [-0.2, -0.15) is 5.26 Å². The van der Waals surface area contributed by atoms with E-state index in [4.69, 9.17) is 9.84 Å². The van der Waals surface area contributed by atoms with E-state index in [2.05, 4.69) is 17.5 Å². The van der Waals surface area contributed by atoms with E-state index in [-0.39, 0.29) is 12.7 Å². The molecule has 0 unspecified atom stereocenters. The summed E-state index contributed by atoms with van der Waals surface area (Å²) in [6, 6.07) is 8.50. The van der Waals surface area contributed by atoms with Crippen molar-refractivity contribution in [1.82, 2.24) is 0 Å². The van der Waals surface area contributed by atoms with E-state index in [0.717, 1.165) is 50.0 Å². The van der Waals surface area contributed by atoms with Crippen molar-refractivity contribution >= 4 is 5.69 Å². The highest BCUT2D eigenvalue weighted by atomic mass is 16.5. The number of hydrogen-bond acceptors (Lipinski definition) is 4. The van der Waals surface area contributed by atoms with Crippen LogP contribution in [0.15, 0.2) is 18.2 Å². The molecule has 1 aromatic carbocycles. The first-order chi connectivity index (χ1) is 10.3. The zero-order valence-electron chi connectivity index (χ0n) is 12.2. The number of fused-ring (bicyclic) bond motifs is 3. The molecular weight excluding hydrogens is 264 g/mol. The van der Waals surface area contributed by atoms with Crippen LogP contribution in [-0.4, -0.2) is 24.4 Å². The van der Waals surface area contributed by atoms with Gasteiger partial charge in [-0.15, -0.1) is 0 Å². The molecule has 2 heterocycles. The molecule has 1 aromatic rings. The molecule has 3 atom stereocenters. The molecule has 0 aliphatic carbocycles. The second-order valence-corrected chi connectivity index (χ2v) is 5.95.